The number of aliphatic imine (C=N–C) groups is 2. The summed E-state index contributed by atoms with van der Waals surface area (Å²) in [5.41, 5.74) is 2.67. The maximum atomic E-state index is 4.89. The molecule has 2 aromatic rings. The normalized spacial score (nSPS) is 23.5. The Morgan fingerprint density at radius 1 is 0.950 bits per heavy atom. The van der Waals surface area contributed by atoms with Crippen LogP contribution in [0.1, 0.15) is 18.1 Å². The number of amidine groups is 1. The first-order chi connectivity index (χ1) is 9.73. The molecule has 0 spiro atoms. The van der Waals surface area contributed by atoms with Crippen LogP contribution in [0.25, 0.3) is 0 Å². The summed E-state index contributed by atoms with van der Waals surface area (Å²) in [5, 5.41) is 3.43. The van der Waals surface area contributed by atoms with Gasteiger partial charge < -0.3 is 5.32 Å². The molecule has 0 saturated heterocycles. The molecule has 0 aromatic heterocycles. The molecule has 0 radical (unpaired) electrons. The monoisotopic (exact) mass is 263 g/mol. The molecule has 3 rings (SSSR count). The van der Waals surface area contributed by atoms with Crippen LogP contribution in [-0.2, 0) is 5.66 Å². The second-order valence-electron chi connectivity index (χ2n) is 4.96. The van der Waals surface area contributed by atoms with E-state index in [4.69, 9.17) is 4.99 Å². The lowest BCUT2D eigenvalue weighted by atomic mass is 10.0. The van der Waals surface area contributed by atoms with Crippen molar-refractivity contribution in [2.24, 2.45) is 9.98 Å². The highest BCUT2D eigenvalue weighted by Gasteiger charge is 2.35. The Labute approximate surface area is 119 Å². The molecule has 3 nitrogen and oxygen atoms in total. The Kier molecular flexibility index (Phi) is 3.11. The fourth-order valence-corrected chi connectivity index (χ4v) is 2.45. The molecule has 3 heteroatoms. The second-order valence-corrected chi connectivity index (χ2v) is 4.96. The van der Waals surface area contributed by atoms with Crippen LogP contribution in [0.15, 0.2) is 70.6 Å². The molecule has 0 aliphatic carbocycles. The number of hydrogen-bond acceptors (Lipinski definition) is 2. The molecular weight excluding hydrogens is 246 g/mol. The van der Waals surface area contributed by atoms with Crippen molar-refractivity contribution >= 4 is 11.5 Å². The van der Waals surface area contributed by atoms with Crippen LogP contribution in [-0.4, -0.2) is 18.6 Å². The van der Waals surface area contributed by atoms with Crippen LogP contribution in [0, 0.1) is 0 Å². The summed E-state index contributed by atoms with van der Waals surface area (Å²) in [6.45, 7) is 2.07. The van der Waals surface area contributed by atoms with E-state index in [0.717, 1.165) is 22.7 Å². The van der Waals surface area contributed by atoms with E-state index in [1.54, 1.807) is 7.05 Å². The van der Waals surface area contributed by atoms with Gasteiger partial charge in [-0.15, -0.1) is 0 Å². The van der Waals surface area contributed by atoms with E-state index in [-0.39, 0.29) is 0 Å². The van der Waals surface area contributed by atoms with Gasteiger partial charge in [-0.2, -0.15) is 0 Å². The first-order valence-electron chi connectivity index (χ1n) is 6.69. The molecule has 0 amide bonds. The lowest BCUT2D eigenvalue weighted by Crippen LogP contribution is -2.37. The van der Waals surface area contributed by atoms with E-state index >= 15 is 0 Å². The topological polar surface area (TPSA) is 36.8 Å². The van der Waals surface area contributed by atoms with Gasteiger partial charge in [-0.25, -0.2) is 4.99 Å². The molecule has 0 fully saturated rings. The molecule has 1 N–H and O–H groups in total. The van der Waals surface area contributed by atoms with Crippen molar-refractivity contribution in [2.45, 2.75) is 12.6 Å². The molecular formula is C17H17N3. The van der Waals surface area contributed by atoms with Gasteiger partial charge in [0.25, 0.3) is 0 Å². The molecule has 1 atom stereocenters. The Bertz CT molecular complexity index is 659. The van der Waals surface area contributed by atoms with Gasteiger partial charge in [0.1, 0.15) is 11.5 Å². The average molecular weight is 263 g/mol. The summed E-state index contributed by atoms with van der Waals surface area (Å²) >= 11 is 0. The first kappa shape index (κ1) is 12.6. The van der Waals surface area contributed by atoms with E-state index in [0.29, 0.717) is 0 Å². The summed E-state index contributed by atoms with van der Waals surface area (Å²) < 4.78 is 0. The second kappa shape index (κ2) is 4.93. The summed E-state index contributed by atoms with van der Waals surface area (Å²) in [7, 11) is 1.79. The molecule has 1 unspecified atom stereocenters. The molecule has 1 aliphatic rings. The maximum Gasteiger partial charge on any atom is 0.154 e. The summed E-state index contributed by atoms with van der Waals surface area (Å²) in [4.78, 5) is 9.23. The first-order valence-corrected chi connectivity index (χ1v) is 6.69. The van der Waals surface area contributed by atoms with Crippen molar-refractivity contribution in [2.75, 3.05) is 7.05 Å². The van der Waals surface area contributed by atoms with Crippen LogP contribution in [0.3, 0.4) is 0 Å². The third-order valence-corrected chi connectivity index (χ3v) is 3.53. The quantitative estimate of drug-likeness (QED) is 0.888. The minimum Gasteiger partial charge on any atom is -0.341 e. The van der Waals surface area contributed by atoms with Crippen LogP contribution in [0.2, 0.25) is 0 Å². The van der Waals surface area contributed by atoms with Gasteiger partial charge in [0.2, 0.25) is 0 Å². The molecule has 0 saturated carbocycles. The fourth-order valence-electron chi connectivity index (χ4n) is 2.45. The Hall–Kier alpha value is -2.42. The highest BCUT2D eigenvalue weighted by atomic mass is 15.2. The number of nitrogens with one attached hydrogen (secondary N) is 1. The largest absolute Gasteiger partial charge is 0.341 e. The van der Waals surface area contributed by atoms with Crippen molar-refractivity contribution in [3.05, 3.63) is 71.8 Å². The maximum absolute atomic E-state index is 4.89. The van der Waals surface area contributed by atoms with Crippen LogP contribution in [0.4, 0.5) is 0 Å². The van der Waals surface area contributed by atoms with Crippen molar-refractivity contribution in [1.29, 1.82) is 0 Å². The SMILES string of the molecule is CN=C1NC(C)(c2ccccc2)N=C1c1ccccc1. The predicted octanol–water partition coefficient (Wildman–Crippen LogP) is 2.98. The van der Waals surface area contributed by atoms with Gasteiger partial charge in [0.05, 0.1) is 0 Å². The zero-order chi connectivity index (χ0) is 14.0. The smallest absolute Gasteiger partial charge is 0.154 e. The molecule has 2 aromatic carbocycles. The zero-order valence-corrected chi connectivity index (χ0v) is 11.7. The van der Waals surface area contributed by atoms with E-state index in [1.807, 2.05) is 36.4 Å². The van der Waals surface area contributed by atoms with E-state index in [1.165, 1.54) is 0 Å². The summed E-state index contributed by atoms with van der Waals surface area (Å²) in [6.07, 6.45) is 0. The highest BCUT2D eigenvalue weighted by molar-refractivity contribution is 6.49. The van der Waals surface area contributed by atoms with E-state index < -0.39 is 5.66 Å². The summed E-state index contributed by atoms with van der Waals surface area (Å²) in [5.74, 6) is 0.836. The van der Waals surface area contributed by atoms with E-state index in [2.05, 4.69) is 41.5 Å². The Morgan fingerprint density at radius 2 is 1.55 bits per heavy atom. The molecule has 1 heterocycles. The number of nitrogens with zero attached hydrogens (tertiary/aromatic N) is 2. The highest BCUT2D eigenvalue weighted by Crippen LogP contribution is 2.28. The van der Waals surface area contributed by atoms with Gasteiger partial charge in [-0.3, -0.25) is 4.99 Å². The summed E-state index contributed by atoms with van der Waals surface area (Å²) in [6, 6.07) is 20.4. The fraction of sp³-hybridized carbons (Fsp3) is 0.176. The van der Waals surface area contributed by atoms with Crippen molar-refractivity contribution in [3.8, 4) is 0 Å². The molecule has 100 valence electrons. The van der Waals surface area contributed by atoms with Gasteiger partial charge in [0, 0.05) is 12.6 Å². The van der Waals surface area contributed by atoms with Gasteiger partial charge in [-0.05, 0) is 12.5 Å². The third kappa shape index (κ3) is 2.11. The van der Waals surface area contributed by atoms with Gasteiger partial charge in [-0.1, -0.05) is 60.7 Å². The van der Waals surface area contributed by atoms with Crippen LogP contribution < -0.4 is 5.32 Å². The third-order valence-electron chi connectivity index (χ3n) is 3.53. The molecule has 20 heavy (non-hydrogen) atoms. The van der Waals surface area contributed by atoms with Gasteiger partial charge in [0.15, 0.2) is 5.66 Å². The number of rotatable bonds is 2. The Balaban J connectivity index is 2.08. The van der Waals surface area contributed by atoms with Gasteiger partial charge >= 0.3 is 0 Å². The Morgan fingerprint density at radius 3 is 2.15 bits per heavy atom. The lowest BCUT2D eigenvalue weighted by molar-refractivity contribution is 0.478. The van der Waals surface area contributed by atoms with E-state index in [9.17, 15) is 0 Å². The van der Waals surface area contributed by atoms with Crippen molar-refractivity contribution in [3.63, 3.8) is 0 Å². The standard InChI is InChI=1S/C17H17N3/c1-17(14-11-7-4-8-12-14)19-15(16(18-2)20-17)13-9-5-3-6-10-13/h3-12H,1-2H3,(H,18,20). The van der Waals surface area contributed by atoms with Crippen LogP contribution >= 0.6 is 0 Å². The van der Waals surface area contributed by atoms with Crippen molar-refractivity contribution in [1.82, 2.24) is 5.32 Å². The predicted molar refractivity (Wildman–Crippen MR) is 83.3 cm³/mol. The zero-order valence-electron chi connectivity index (χ0n) is 11.7. The van der Waals surface area contributed by atoms with Crippen LogP contribution in [0.5, 0.6) is 0 Å². The average Bonchev–Trinajstić information content (AvgIpc) is 2.88. The lowest BCUT2D eigenvalue weighted by Gasteiger charge is -2.22. The molecule has 0 bridgehead atoms. The van der Waals surface area contributed by atoms with Crippen molar-refractivity contribution < 1.29 is 0 Å². The minimum atomic E-state index is -0.457. The number of benzene rings is 2. The molecule has 1 aliphatic heterocycles. The number of hydrogen-bond donors (Lipinski definition) is 1. The minimum absolute atomic E-state index is 0.457.